The summed E-state index contributed by atoms with van der Waals surface area (Å²) in [5.74, 6) is 0.920. The third-order valence-corrected chi connectivity index (χ3v) is 4.02. The summed E-state index contributed by atoms with van der Waals surface area (Å²) >= 11 is 0. The predicted octanol–water partition coefficient (Wildman–Crippen LogP) is 4.63. The van der Waals surface area contributed by atoms with Gasteiger partial charge in [-0.2, -0.15) is 0 Å². The van der Waals surface area contributed by atoms with E-state index in [1.165, 1.54) is 43.4 Å². The van der Waals surface area contributed by atoms with Crippen LogP contribution in [0.5, 0.6) is 0 Å². The average molecular weight is 231 g/mol. The Bertz CT molecular complexity index is 345. The first-order valence-corrected chi connectivity index (χ1v) is 7.14. The van der Waals surface area contributed by atoms with Gasteiger partial charge in [-0.15, -0.1) is 0 Å². The lowest BCUT2D eigenvalue weighted by molar-refractivity contribution is 0.502. The molecule has 1 nitrogen and oxygen atoms in total. The molecule has 2 atom stereocenters. The molecule has 94 valence electrons. The Morgan fingerprint density at radius 1 is 1.12 bits per heavy atom. The SMILES string of the molecule is CCc1ccccc1NC1CCCC(C)CC1. The van der Waals surface area contributed by atoms with E-state index in [0.717, 1.165) is 12.3 Å². The van der Waals surface area contributed by atoms with Crippen LogP contribution in [0.1, 0.15) is 51.5 Å². The molecule has 1 aromatic carbocycles. The fourth-order valence-electron chi connectivity index (χ4n) is 2.82. The van der Waals surface area contributed by atoms with Gasteiger partial charge in [0.15, 0.2) is 0 Å². The Balaban J connectivity index is 1.99. The summed E-state index contributed by atoms with van der Waals surface area (Å²) in [5.41, 5.74) is 2.80. The molecule has 1 N–H and O–H groups in total. The molecular formula is C16H25N. The molecule has 17 heavy (non-hydrogen) atoms. The Labute approximate surface area is 106 Å². The minimum Gasteiger partial charge on any atom is -0.382 e. The molecule has 0 radical (unpaired) electrons. The van der Waals surface area contributed by atoms with Gasteiger partial charge in [-0.3, -0.25) is 0 Å². The van der Waals surface area contributed by atoms with E-state index >= 15 is 0 Å². The number of para-hydroxylation sites is 1. The van der Waals surface area contributed by atoms with Gasteiger partial charge in [0.1, 0.15) is 0 Å². The van der Waals surface area contributed by atoms with Gasteiger partial charge in [0.25, 0.3) is 0 Å². The van der Waals surface area contributed by atoms with Crippen molar-refractivity contribution in [2.24, 2.45) is 5.92 Å². The number of rotatable bonds is 3. The fourth-order valence-corrected chi connectivity index (χ4v) is 2.82. The lowest BCUT2D eigenvalue weighted by Crippen LogP contribution is -2.19. The molecule has 0 aromatic heterocycles. The maximum atomic E-state index is 3.76. The first-order chi connectivity index (χ1) is 8.29. The summed E-state index contributed by atoms with van der Waals surface area (Å²) in [4.78, 5) is 0. The van der Waals surface area contributed by atoms with Gasteiger partial charge >= 0.3 is 0 Å². The lowest BCUT2D eigenvalue weighted by Gasteiger charge is -2.20. The second-order valence-electron chi connectivity index (χ2n) is 5.47. The highest BCUT2D eigenvalue weighted by molar-refractivity contribution is 5.51. The van der Waals surface area contributed by atoms with Crippen molar-refractivity contribution in [3.63, 3.8) is 0 Å². The van der Waals surface area contributed by atoms with Gasteiger partial charge < -0.3 is 5.32 Å². The summed E-state index contributed by atoms with van der Waals surface area (Å²) in [6, 6.07) is 9.43. The zero-order valence-corrected chi connectivity index (χ0v) is 11.2. The third-order valence-electron chi connectivity index (χ3n) is 4.02. The zero-order valence-electron chi connectivity index (χ0n) is 11.2. The van der Waals surface area contributed by atoms with Gasteiger partial charge in [-0.05, 0) is 43.2 Å². The van der Waals surface area contributed by atoms with Crippen LogP contribution in [0.4, 0.5) is 5.69 Å². The van der Waals surface area contributed by atoms with Crippen LogP contribution in [-0.2, 0) is 6.42 Å². The standard InChI is InChI=1S/C16H25N/c1-3-14-8-4-5-10-16(14)17-15-9-6-7-13(2)11-12-15/h4-5,8,10,13,15,17H,3,6-7,9,11-12H2,1-2H3. The minimum atomic E-state index is 0.688. The van der Waals surface area contributed by atoms with E-state index in [-0.39, 0.29) is 0 Å². The molecule has 0 saturated heterocycles. The molecule has 1 aliphatic carbocycles. The Morgan fingerprint density at radius 3 is 2.76 bits per heavy atom. The van der Waals surface area contributed by atoms with Crippen LogP contribution in [0.2, 0.25) is 0 Å². The van der Waals surface area contributed by atoms with Crippen molar-refractivity contribution >= 4 is 5.69 Å². The van der Waals surface area contributed by atoms with Crippen LogP contribution in [0, 0.1) is 5.92 Å². The highest BCUT2D eigenvalue weighted by Gasteiger charge is 2.16. The number of benzene rings is 1. The van der Waals surface area contributed by atoms with E-state index in [0.29, 0.717) is 6.04 Å². The molecule has 1 aliphatic rings. The number of hydrogen-bond donors (Lipinski definition) is 1. The summed E-state index contributed by atoms with van der Waals surface area (Å²) in [6.45, 7) is 4.62. The molecule has 1 fully saturated rings. The molecular weight excluding hydrogens is 206 g/mol. The van der Waals surface area contributed by atoms with Crippen LogP contribution in [0.3, 0.4) is 0 Å². The highest BCUT2D eigenvalue weighted by atomic mass is 14.9. The van der Waals surface area contributed by atoms with E-state index < -0.39 is 0 Å². The van der Waals surface area contributed by atoms with Crippen LogP contribution in [0.15, 0.2) is 24.3 Å². The summed E-state index contributed by atoms with van der Waals surface area (Å²) in [6.07, 6.45) is 7.96. The molecule has 0 amide bonds. The van der Waals surface area contributed by atoms with E-state index in [4.69, 9.17) is 0 Å². The number of aryl methyl sites for hydroxylation is 1. The second-order valence-corrected chi connectivity index (χ2v) is 5.47. The van der Waals surface area contributed by atoms with Gasteiger partial charge in [-0.1, -0.05) is 44.9 Å². The molecule has 1 heteroatoms. The van der Waals surface area contributed by atoms with Crippen molar-refractivity contribution in [3.8, 4) is 0 Å². The van der Waals surface area contributed by atoms with E-state index in [1.54, 1.807) is 0 Å². The van der Waals surface area contributed by atoms with Crippen LogP contribution < -0.4 is 5.32 Å². The Kier molecular flexibility index (Phi) is 4.47. The zero-order chi connectivity index (χ0) is 12.1. The first kappa shape index (κ1) is 12.5. The van der Waals surface area contributed by atoms with E-state index in [2.05, 4.69) is 43.4 Å². The van der Waals surface area contributed by atoms with Crippen LogP contribution in [-0.4, -0.2) is 6.04 Å². The summed E-state index contributed by atoms with van der Waals surface area (Å²) < 4.78 is 0. The van der Waals surface area contributed by atoms with Crippen molar-refractivity contribution in [2.75, 3.05) is 5.32 Å². The number of anilines is 1. The van der Waals surface area contributed by atoms with Gasteiger partial charge in [0, 0.05) is 11.7 Å². The maximum absolute atomic E-state index is 3.76. The van der Waals surface area contributed by atoms with Crippen molar-refractivity contribution in [2.45, 2.75) is 58.4 Å². The van der Waals surface area contributed by atoms with E-state index in [9.17, 15) is 0 Å². The molecule has 1 saturated carbocycles. The monoisotopic (exact) mass is 231 g/mol. The normalized spacial score (nSPS) is 25.3. The quantitative estimate of drug-likeness (QED) is 0.748. The molecule has 0 spiro atoms. The number of hydrogen-bond acceptors (Lipinski definition) is 1. The third kappa shape index (κ3) is 3.49. The first-order valence-electron chi connectivity index (χ1n) is 7.14. The minimum absolute atomic E-state index is 0.688. The summed E-state index contributed by atoms with van der Waals surface area (Å²) in [7, 11) is 0. The Hall–Kier alpha value is -0.980. The highest BCUT2D eigenvalue weighted by Crippen LogP contribution is 2.26. The summed E-state index contributed by atoms with van der Waals surface area (Å²) in [5, 5.41) is 3.76. The van der Waals surface area contributed by atoms with Crippen molar-refractivity contribution in [1.29, 1.82) is 0 Å². The molecule has 0 aliphatic heterocycles. The topological polar surface area (TPSA) is 12.0 Å². The molecule has 2 rings (SSSR count). The van der Waals surface area contributed by atoms with E-state index in [1.807, 2.05) is 0 Å². The van der Waals surface area contributed by atoms with Gasteiger partial charge in [-0.25, -0.2) is 0 Å². The fraction of sp³-hybridized carbons (Fsp3) is 0.625. The van der Waals surface area contributed by atoms with Crippen molar-refractivity contribution in [1.82, 2.24) is 0 Å². The average Bonchev–Trinajstić information content (AvgIpc) is 2.55. The van der Waals surface area contributed by atoms with Crippen LogP contribution >= 0.6 is 0 Å². The smallest absolute Gasteiger partial charge is 0.0374 e. The van der Waals surface area contributed by atoms with Crippen LogP contribution in [0.25, 0.3) is 0 Å². The Morgan fingerprint density at radius 2 is 1.94 bits per heavy atom. The second kappa shape index (κ2) is 6.09. The molecule has 1 aromatic rings. The van der Waals surface area contributed by atoms with Crippen molar-refractivity contribution < 1.29 is 0 Å². The molecule has 0 bridgehead atoms. The maximum Gasteiger partial charge on any atom is 0.0374 e. The van der Waals surface area contributed by atoms with Crippen molar-refractivity contribution in [3.05, 3.63) is 29.8 Å². The number of nitrogens with one attached hydrogen (secondary N) is 1. The lowest BCUT2D eigenvalue weighted by atomic mass is 10.0. The largest absolute Gasteiger partial charge is 0.382 e. The molecule has 0 heterocycles. The van der Waals surface area contributed by atoms with Gasteiger partial charge in [0.2, 0.25) is 0 Å². The predicted molar refractivity (Wildman–Crippen MR) is 75.5 cm³/mol. The molecule has 2 unspecified atom stereocenters. The van der Waals surface area contributed by atoms with Gasteiger partial charge in [0.05, 0.1) is 0 Å².